The van der Waals surface area contributed by atoms with Crippen LogP contribution >= 0.6 is 0 Å². The Labute approximate surface area is 159 Å². The van der Waals surface area contributed by atoms with Crippen molar-refractivity contribution in [2.24, 2.45) is 5.92 Å². The van der Waals surface area contributed by atoms with Crippen LogP contribution in [0.5, 0.6) is 5.75 Å². The van der Waals surface area contributed by atoms with Crippen molar-refractivity contribution in [3.05, 3.63) is 24.0 Å². The maximum absolute atomic E-state index is 14.1. The van der Waals surface area contributed by atoms with Gasteiger partial charge in [0.1, 0.15) is 17.2 Å². The topological polar surface area (TPSA) is 76.1 Å². The van der Waals surface area contributed by atoms with Gasteiger partial charge >= 0.3 is 11.9 Å². The second-order valence-corrected chi connectivity index (χ2v) is 8.38. The van der Waals surface area contributed by atoms with Gasteiger partial charge in [-0.25, -0.2) is 9.18 Å². The van der Waals surface area contributed by atoms with E-state index in [9.17, 15) is 19.1 Å². The number of hydrogen-bond acceptors (Lipinski definition) is 5. The predicted molar refractivity (Wildman–Crippen MR) is 99.5 cm³/mol. The first-order valence-corrected chi connectivity index (χ1v) is 9.08. The number of carboxylic acid groups (broad SMARTS) is 1. The molecule has 0 aliphatic carbocycles. The highest BCUT2D eigenvalue weighted by Crippen LogP contribution is 2.30. The minimum atomic E-state index is -1.30. The van der Waals surface area contributed by atoms with Gasteiger partial charge in [-0.3, -0.25) is 4.79 Å². The van der Waals surface area contributed by atoms with Crippen molar-refractivity contribution in [1.29, 1.82) is 0 Å². The zero-order valence-corrected chi connectivity index (χ0v) is 16.5. The van der Waals surface area contributed by atoms with Crippen molar-refractivity contribution in [3.63, 3.8) is 0 Å². The van der Waals surface area contributed by atoms with Crippen molar-refractivity contribution < 1.29 is 28.6 Å². The van der Waals surface area contributed by atoms with E-state index in [1.807, 2.05) is 4.90 Å². The van der Waals surface area contributed by atoms with Gasteiger partial charge in [-0.2, -0.15) is 0 Å². The molecule has 0 aromatic heterocycles. The van der Waals surface area contributed by atoms with Crippen LogP contribution in [-0.2, 0) is 14.3 Å². The van der Waals surface area contributed by atoms with Gasteiger partial charge in [-0.1, -0.05) is 0 Å². The number of anilines is 1. The van der Waals surface area contributed by atoms with Crippen LogP contribution in [-0.4, -0.2) is 41.3 Å². The third-order valence-electron chi connectivity index (χ3n) is 4.26. The van der Waals surface area contributed by atoms with Crippen LogP contribution in [0, 0.1) is 11.7 Å². The van der Waals surface area contributed by atoms with E-state index >= 15 is 0 Å². The summed E-state index contributed by atoms with van der Waals surface area (Å²) in [4.78, 5) is 25.5. The van der Waals surface area contributed by atoms with Gasteiger partial charge in [0, 0.05) is 30.9 Å². The predicted octanol–water partition coefficient (Wildman–Crippen LogP) is 3.63. The van der Waals surface area contributed by atoms with Crippen molar-refractivity contribution in [1.82, 2.24) is 0 Å². The smallest absolute Gasteiger partial charge is 0.350 e. The number of rotatable bonds is 5. The molecule has 0 saturated carbocycles. The lowest BCUT2D eigenvalue weighted by Crippen LogP contribution is -2.43. The summed E-state index contributed by atoms with van der Waals surface area (Å²) >= 11 is 0. The number of aliphatic carboxylic acids is 1. The fourth-order valence-corrected chi connectivity index (χ4v) is 2.94. The van der Waals surface area contributed by atoms with Crippen molar-refractivity contribution in [3.8, 4) is 5.75 Å². The SMILES string of the molecule is CC(C)(C)OC(=O)C(C)(C)Oc1cc(F)cc(N2CCC[C@@H](C(=O)O)C2)c1. The maximum Gasteiger partial charge on any atom is 0.350 e. The van der Waals surface area contributed by atoms with Gasteiger partial charge in [0.25, 0.3) is 0 Å². The molecule has 27 heavy (non-hydrogen) atoms. The van der Waals surface area contributed by atoms with Crippen LogP contribution in [0.15, 0.2) is 18.2 Å². The summed E-state index contributed by atoms with van der Waals surface area (Å²) in [7, 11) is 0. The van der Waals surface area contributed by atoms with Crippen molar-refractivity contribution in [2.45, 2.75) is 58.7 Å². The van der Waals surface area contributed by atoms with Crippen LogP contribution in [0.4, 0.5) is 10.1 Å². The minimum Gasteiger partial charge on any atom is -0.481 e. The van der Waals surface area contributed by atoms with Crippen LogP contribution in [0.2, 0.25) is 0 Å². The molecule has 0 bridgehead atoms. The molecule has 1 aliphatic rings. The number of benzene rings is 1. The Morgan fingerprint density at radius 1 is 1.19 bits per heavy atom. The number of carboxylic acids is 1. The van der Waals surface area contributed by atoms with Crippen molar-refractivity contribution >= 4 is 17.6 Å². The molecule has 150 valence electrons. The average Bonchev–Trinajstić information content (AvgIpc) is 2.52. The molecule has 1 fully saturated rings. The molecule has 0 radical (unpaired) electrons. The maximum atomic E-state index is 14.1. The number of halogens is 1. The van der Waals surface area contributed by atoms with E-state index in [1.54, 1.807) is 40.7 Å². The molecule has 1 N–H and O–H groups in total. The summed E-state index contributed by atoms with van der Waals surface area (Å²) < 4.78 is 25.2. The standard InChI is InChI=1S/C20H28FNO5/c1-19(2,3)27-18(25)20(4,5)26-16-10-14(21)9-15(11-16)22-8-6-7-13(12-22)17(23)24/h9-11,13H,6-8,12H2,1-5H3,(H,23,24)/t13-/m1/s1. The Kier molecular flexibility index (Phi) is 6.02. The highest BCUT2D eigenvalue weighted by atomic mass is 19.1. The molecule has 1 aromatic rings. The summed E-state index contributed by atoms with van der Waals surface area (Å²) in [6, 6.07) is 4.17. The van der Waals surface area contributed by atoms with Gasteiger partial charge in [0.2, 0.25) is 0 Å². The van der Waals surface area contributed by atoms with Crippen LogP contribution in [0.3, 0.4) is 0 Å². The number of carbonyl (C=O) groups excluding carboxylic acids is 1. The Morgan fingerprint density at radius 3 is 2.44 bits per heavy atom. The molecule has 1 aliphatic heterocycles. The molecule has 2 rings (SSSR count). The molecule has 1 heterocycles. The highest BCUT2D eigenvalue weighted by molar-refractivity contribution is 5.79. The van der Waals surface area contributed by atoms with E-state index in [-0.39, 0.29) is 5.75 Å². The number of hydrogen-bond donors (Lipinski definition) is 1. The Hall–Kier alpha value is -2.31. The summed E-state index contributed by atoms with van der Waals surface area (Å²) in [5, 5.41) is 9.24. The van der Waals surface area contributed by atoms with Crippen LogP contribution in [0.25, 0.3) is 0 Å². The van der Waals surface area contributed by atoms with Gasteiger partial charge in [-0.15, -0.1) is 0 Å². The molecule has 0 spiro atoms. The number of nitrogens with zero attached hydrogens (tertiary/aromatic N) is 1. The van der Waals surface area contributed by atoms with E-state index in [2.05, 4.69) is 0 Å². The summed E-state index contributed by atoms with van der Waals surface area (Å²) in [5.41, 5.74) is -1.43. The highest BCUT2D eigenvalue weighted by Gasteiger charge is 2.35. The number of carbonyl (C=O) groups is 2. The first-order chi connectivity index (χ1) is 12.4. The molecule has 0 amide bonds. The first-order valence-electron chi connectivity index (χ1n) is 9.08. The Bertz CT molecular complexity index is 711. The second-order valence-electron chi connectivity index (χ2n) is 8.38. The lowest BCUT2D eigenvalue weighted by Gasteiger charge is -2.33. The molecule has 1 saturated heterocycles. The lowest BCUT2D eigenvalue weighted by molar-refractivity contribution is -0.171. The molecule has 1 aromatic carbocycles. The fourth-order valence-electron chi connectivity index (χ4n) is 2.94. The zero-order chi connectivity index (χ0) is 20.4. The van der Waals surface area contributed by atoms with Gasteiger partial charge < -0.3 is 19.5 Å². The summed E-state index contributed by atoms with van der Waals surface area (Å²) in [6.07, 6.45) is 1.32. The Morgan fingerprint density at radius 2 is 1.85 bits per heavy atom. The van der Waals surface area contributed by atoms with Gasteiger partial charge in [0.15, 0.2) is 5.60 Å². The largest absolute Gasteiger partial charge is 0.481 e. The van der Waals surface area contributed by atoms with E-state index < -0.39 is 34.9 Å². The quantitative estimate of drug-likeness (QED) is 0.785. The zero-order valence-electron chi connectivity index (χ0n) is 16.5. The molecule has 7 heteroatoms. The normalized spacial score (nSPS) is 18.1. The molecule has 6 nitrogen and oxygen atoms in total. The van der Waals surface area contributed by atoms with E-state index in [0.29, 0.717) is 31.6 Å². The van der Waals surface area contributed by atoms with Crippen LogP contribution in [0.1, 0.15) is 47.5 Å². The summed E-state index contributed by atoms with van der Waals surface area (Å²) in [5.74, 6) is -2.20. The third-order valence-corrected chi connectivity index (χ3v) is 4.26. The van der Waals surface area contributed by atoms with Crippen molar-refractivity contribution in [2.75, 3.05) is 18.0 Å². The molecule has 0 unspecified atom stereocenters. The third kappa shape index (κ3) is 5.84. The monoisotopic (exact) mass is 381 g/mol. The van der Waals surface area contributed by atoms with E-state index in [0.717, 1.165) is 0 Å². The number of piperidine rings is 1. The average molecular weight is 381 g/mol. The summed E-state index contributed by atoms with van der Waals surface area (Å²) in [6.45, 7) is 9.36. The van der Waals surface area contributed by atoms with Crippen LogP contribution < -0.4 is 9.64 Å². The van der Waals surface area contributed by atoms with Gasteiger partial charge in [0.05, 0.1) is 5.92 Å². The number of esters is 1. The van der Waals surface area contributed by atoms with E-state index in [1.165, 1.54) is 12.1 Å². The fraction of sp³-hybridized carbons (Fsp3) is 0.600. The Balaban J connectivity index is 2.19. The van der Waals surface area contributed by atoms with E-state index in [4.69, 9.17) is 9.47 Å². The minimum absolute atomic E-state index is 0.193. The second kappa shape index (κ2) is 7.74. The molecular formula is C20H28FNO5. The molecule has 1 atom stereocenters. The van der Waals surface area contributed by atoms with Gasteiger partial charge in [-0.05, 0) is 53.5 Å². The number of ether oxygens (including phenoxy) is 2. The lowest BCUT2D eigenvalue weighted by atomic mass is 9.98. The first kappa shape index (κ1) is 21.0. The molecular weight excluding hydrogens is 353 g/mol.